The number of carbonyl (C=O) groups excluding carboxylic acids is 1. The molecule has 0 aliphatic carbocycles. The van der Waals surface area contributed by atoms with E-state index in [0.717, 1.165) is 17.1 Å². The van der Waals surface area contributed by atoms with E-state index in [-0.39, 0.29) is 5.91 Å². The highest BCUT2D eigenvalue weighted by Crippen LogP contribution is 2.20. The van der Waals surface area contributed by atoms with E-state index in [2.05, 4.69) is 10.4 Å². The molecule has 1 aromatic heterocycles. The fraction of sp³-hybridized carbons (Fsp3) is 0.333. The second kappa shape index (κ2) is 5.87. The number of amides is 1. The molecule has 0 radical (unpaired) electrons. The summed E-state index contributed by atoms with van der Waals surface area (Å²) in [5.74, 6) is -0.250. The topological polar surface area (TPSA) is 76.2 Å². The van der Waals surface area contributed by atoms with Gasteiger partial charge in [0.05, 0.1) is 11.4 Å². The lowest BCUT2D eigenvalue weighted by Gasteiger charge is -2.13. The number of aryl methyl sites for hydroxylation is 2. The van der Waals surface area contributed by atoms with Gasteiger partial charge in [0.1, 0.15) is 5.69 Å². The molecule has 1 amide bonds. The van der Waals surface area contributed by atoms with Crippen molar-refractivity contribution in [3.05, 3.63) is 35.7 Å². The molecule has 6 heteroatoms. The number of nitrogens with one attached hydrogen (secondary N) is 1. The molecule has 0 saturated heterocycles. The summed E-state index contributed by atoms with van der Waals surface area (Å²) in [5, 5.41) is 7.10. The van der Waals surface area contributed by atoms with Gasteiger partial charge in [-0.1, -0.05) is 6.92 Å². The first kappa shape index (κ1) is 14.9. The van der Waals surface area contributed by atoms with E-state index in [9.17, 15) is 4.79 Å². The van der Waals surface area contributed by atoms with Crippen molar-refractivity contribution in [3.63, 3.8) is 0 Å². The van der Waals surface area contributed by atoms with Crippen LogP contribution in [0, 0.1) is 0 Å². The van der Waals surface area contributed by atoms with E-state index >= 15 is 0 Å². The van der Waals surface area contributed by atoms with Crippen molar-refractivity contribution in [3.8, 4) is 0 Å². The van der Waals surface area contributed by atoms with Crippen LogP contribution in [0.25, 0.3) is 0 Å². The number of benzene rings is 1. The number of aromatic nitrogens is 2. The number of carbonyl (C=O) groups is 1. The molecule has 0 aliphatic heterocycles. The number of rotatable bonds is 4. The highest BCUT2D eigenvalue weighted by atomic mass is 16.2. The van der Waals surface area contributed by atoms with Crippen LogP contribution in [0.4, 0.5) is 17.1 Å². The third kappa shape index (κ3) is 2.99. The fourth-order valence-corrected chi connectivity index (χ4v) is 2.16. The first-order valence-electron chi connectivity index (χ1n) is 6.84. The average Bonchev–Trinajstić information content (AvgIpc) is 2.73. The van der Waals surface area contributed by atoms with Crippen LogP contribution in [0.1, 0.15) is 23.1 Å². The predicted molar refractivity (Wildman–Crippen MR) is 85.7 cm³/mol. The van der Waals surface area contributed by atoms with Gasteiger partial charge in [0.2, 0.25) is 0 Å². The van der Waals surface area contributed by atoms with E-state index in [1.807, 2.05) is 50.2 Å². The maximum Gasteiger partial charge on any atom is 0.276 e. The van der Waals surface area contributed by atoms with Crippen LogP contribution in [0.3, 0.4) is 0 Å². The first-order chi connectivity index (χ1) is 9.93. The van der Waals surface area contributed by atoms with E-state index < -0.39 is 0 Å². The Morgan fingerprint density at radius 1 is 1.33 bits per heavy atom. The molecule has 0 unspecified atom stereocenters. The minimum Gasteiger partial charge on any atom is -0.395 e. The van der Waals surface area contributed by atoms with Gasteiger partial charge in [0, 0.05) is 32.5 Å². The molecule has 0 atom stereocenters. The molecule has 2 aromatic rings. The van der Waals surface area contributed by atoms with Crippen molar-refractivity contribution >= 4 is 23.0 Å². The minimum absolute atomic E-state index is 0.250. The summed E-state index contributed by atoms with van der Waals surface area (Å²) in [6.07, 6.45) is 0.699. The largest absolute Gasteiger partial charge is 0.395 e. The van der Waals surface area contributed by atoms with Gasteiger partial charge in [-0.2, -0.15) is 5.10 Å². The van der Waals surface area contributed by atoms with E-state index in [0.29, 0.717) is 17.8 Å². The Labute approximate surface area is 124 Å². The fourth-order valence-electron chi connectivity index (χ4n) is 2.16. The van der Waals surface area contributed by atoms with Crippen LogP contribution in [-0.2, 0) is 13.5 Å². The molecule has 3 N–H and O–H groups in total. The second-order valence-electron chi connectivity index (χ2n) is 5.08. The molecule has 6 nitrogen and oxygen atoms in total. The zero-order chi connectivity index (χ0) is 15.6. The molecule has 112 valence electrons. The Morgan fingerprint density at radius 2 is 1.95 bits per heavy atom. The Kier molecular flexibility index (Phi) is 4.16. The molecular formula is C15H21N5O. The van der Waals surface area contributed by atoms with E-state index in [4.69, 9.17) is 5.73 Å². The highest BCUT2D eigenvalue weighted by molar-refractivity contribution is 6.06. The summed E-state index contributed by atoms with van der Waals surface area (Å²) in [4.78, 5) is 14.3. The summed E-state index contributed by atoms with van der Waals surface area (Å²) in [6, 6.07) is 7.61. The van der Waals surface area contributed by atoms with Gasteiger partial charge in [0.15, 0.2) is 0 Å². The molecule has 0 saturated carbocycles. The maximum absolute atomic E-state index is 12.3. The quantitative estimate of drug-likeness (QED) is 0.900. The normalized spacial score (nSPS) is 10.5. The van der Waals surface area contributed by atoms with Crippen LogP contribution in [0.2, 0.25) is 0 Å². The van der Waals surface area contributed by atoms with Gasteiger partial charge in [-0.05, 0) is 30.7 Å². The Bertz CT molecular complexity index is 643. The predicted octanol–water partition coefficient (Wildman–Crippen LogP) is 1.88. The third-order valence-corrected chi connectivity index (χ3v) is 3.35. The molecule has 0 aliphatic rings. The number of nitrogens with zero attached hydrogens (tertiary/aromatic N) is 3. The van der Waals surface area contributed by atoms with Gasteiger partial charge in [-0.3, -0.25) is 9.48 Å². The summed E-state index contributed by atoms with van der Waals surface area (Å²) in [7, 11) is 5.66. The summed E-state index contributed by atoms with van der Waals surface area (Å²) in [6.45, 7) is 1.96. The Hall–Kier alpha value is -2.50. The molecule has 0 spiro atoms. The Balaban J connectivity index is 2.20. The molecule has 0 bridgehead atoms. The van der Waals surface area contributed by atoms with E-state index in [1.54, 1.807) is 7.05 Å². The molecule has 2 rings (SSSR count). The van der Waals surface area contributed by atoms with Gasteiger partial charge in [-0.25, -0.2) is 0 Å². The van der Waals surface area contributed by atoms with Crippen molar-refractivity contribution in [2.24, 2.45) is 7.05 Å². The zero-order valence-corrected chi connectivity index (χ0v) is 12.8. The SMILES string of the molecule is CCc1nn(C)c(C(=O)Nc2ccc(N(C)C)cc2)c1N. The van der Waals surface area contributed by atoms with Crippen LogP contribution in [0.5, 0.6) is 0 Å². The monoisotopic (exact) mass is 287 g/mol. The molecule has 21 heavy (non-hydrogen) atoms. The third-order valence-electron chi connectivity index (χ3n) is 3.35. The molecular weight excluding hydrogens is 266 g/mol. The van der Waals surface area contributed by atoms with Gasteiger partial charge in [-0.15, -0.1) is 0 Å². The average molecular weight is 287 g/mol. The van der Waals surface area contributed by atoms with E-state index in [1.165, 1.54) is 4.68 Å². The smallest absolute Gasteiger partial charge is 0.276 e. The van der Waals surface area contributed by atoms with Crippen molar-refractivity contribution in [2.75, 3.05) is 30.0 Å². The lowest BCUT2D eigenvalue weighted by Crippen LogP contribution is -2.17. The maximum atomic E-state index is 12.3. The molecule has 1 aromatic carbocycles. The minimum atomic E-state index is -0.250. The summed E-state index contributed by atoms with van der Waals surface area (Å²) < 4.78 is 1.53. The van der Waals surface area contributed by atoms with Crippen molar-refractivity contribution in [2.45, 2.75) is 13.3 Å². The lowest BCUT2D eigenvalue weighted by atomic mass is 10.2. The van der Waals surface area contributed by atoms with Crippen LogP contribution in [0.15, 0.2) is 24.3 Å². The first-order valence-corrected chi connectivity index (χ1v) is 6.84. The number of anilines is 3. The lowest BCUT2D eigenvalue weighted by molar-refractivity contribution is 0.101. The van der Waals surface area contributed by atoms with Gasteiger partial charge in [0.25, 0.3) is 5.91 Å². The number of hydrogen-bond acceptors (Lipinski definition) is 4. The van der Waals surface area contributed by atoms with Gasteiger partial charge < -0.3 is 16.0 Å². The highest BCUT2D eigenvalue weighted by Gasteiger charge is 2.19. The standard InChI is InChI=1S/C15H21N5O/c1-5-12-13(16)14(20(4)18-12)15(21)17-10-6-8-11(9-7-10)19(2)3/h6-9H,5,16H2,1-4H3,(H,17,21). The summed E-state index contributed by atoms with van der Waals surface area (Å²) in [5.41, 5.74) is 9.36. The second-order valence-corrected chi connectivity index (χ2v) is 5.08. The van der Waals surface area contributed by atoms with Crippen molar-refractivity contribution < 1.29 is 4.79 Å². The molecule has 0 fully saturated rings. The van der Waals surface area contributed by atoms with Crippen LogP contribution in [-0.4, -0.2) is 29.8 Å². The van der Waals surface area contributed by atoms with Crippen molar-refractivity contribution in [1.82, 2.24) is 9.78 Å². The summed E-state index contributed by atoms with van der Waals surface area (Å²) >= 11 is 0. The number of nitrogens with two attached hydrogens (primary N) is 1. The number of nitrogen functional groups attached to an aromatic ring is 1. The zero-order valence-electron chi connectivity index (χ0n) is 12.8. The van der Waals surface area contributed by atoms with Crippen LogP contribution >= 0.6 is 0 Å². The van der Waals surface area contributed by atoms with Crippen molar-refractivity contribution in [1.29, 1.82) is 0 Å². The van der Waals surface area contributed by atoms with Crippen LogP contribution < -0.4 is 16.0 Å². The number of hydrogen-bond donors (Lipinski definition) is 2. The van der Waals surface area contributed by atoms with Gasteiger partial charge >= 0.3 is 0 Å². The molecule has 1 heterocycles. The Morgan fingerprint density at radius 3 is 2.43 bits per heavy atom.